The summed E-state index contributed by atoms with van der Waals surface area (Å²) in [6.45, 7) is 0.565. The lowest BCUT2D eigenvalue weighted by atomic mass is 10.1. The molecule has 1 unspecified atom stereocenters. The molecule has 2 amide bonds. The molecule has 7 nitrogen and oxygen atoms in total. The molecule has 4 rings (SSSR count). The summed E-state index contributed by atoms with van der Waals surface area (Å²) >= 11 is 6.17. The van der Waals surface area contributed by atoms with Crippen LogP contribution in [0.25, 0.3) is 5.65 Å². The van der Waals surface area contributed by atoms with Crippen molar-refractivity contribution in [2.75, 3.05) is 11.4 Å². The first kappa shape index (κ1) is 16.5. The predicted molar refractivity (Wildman–Crippen MR) is 96.7 cm³/mol. The van der Waals surface area contributed by atoms with Crippen molar-refractivity contribution in [3.05, 3.63) is 59.5 Å². The second-order valence-corrected chi connectivity index (χ2v) is 6.53. The minimum Gasteiger partial charge on any atom is -0.348 e. The zero-order valence-electron chi connectivity index (χ0n) is 13.8. The molecule has 0 saturated carbocycles. The van der Waals surface area contributed by atoms with Gasteiger partial charge < -0.3 is 10.2 Å². The smallest absolute Gasteiger partial charge is 0.227 e. The monoisotopic (exact) mass is 369 g/mol. The highest BCUT2D eigenvalue weighted by molar-refractivity contribution is 6.33. The maximum Gasteiger partial charge on any atom is 0.227 e. The van der Waals surface area contributed by atoms with Crippen LogP contribution in [0.5, 0.6) is 0 Å². The third-order valence-electron chi connectivity index (χ3n) is 4.44. The Bertz CT molecular complexity index is 986. The van der Waals surface area contributed by atoms with E-state index >= 15 is 0 Å². The number of halogens is 1. The highest BCUT2D eigenvalue weighted by atomic mass is 35.5. The van der Waals surface area contributed by atoms with Gasteiger partial charge in [-0.25, -0.2) is 0 Å². The highest BCUT2D eigenvalue weighted by Gasteiger charge is 2.35. The van der Waals surface area contributed by atoms with Crippen molar-refractivity contribution >= 4 is 34.7 Å². The van der Waals surface area contributed by atoms with E-state index in [0.717, 1.165) is 5.65 Å². The number of aromatic nitrogens is 3. The van der Waals surface area contributed by atoms with E-state index in [2.05, 4.69) is 15.5 Å². The van der Waals surface area contributed by atoms with Crippen LogP contribution in [0.3, 0.4) is 0 Å². The Hall–Kier alpha value is -2.93. The molecule has 2 aromatic heterocycles. The zero-order valence-corrected chi connectivity index (χ0v) is 14.6. The Labute approximate surface area is 154 Å². The van der Waals surface area contributed by atoms with E-state index in [9.17, 15) is 9.59 Å². The number of carbonyl (C=O) groups is 2. The number of para-hydroxylation sites is 1. The molecule has 0 aliphatic carbocycles. The van der Waals surface area contributed by atoms with E-state index in [1.807, 2.05) is 34.9 Å². The van der Waals surface area contributed by atoms with Gasteiger partial charge in [-0.05, 0) is 24.3 Å². The van der Waals surface area contributed by atoms with E-state index in [0.29, 0.717) is 23.1 Å². The summed E-state index contributed by atoms with van der Waals surface area (Å²) in [5.74, 6) is -0.0639. The molecule has 1 aromatic carbocycles. The quantitative estimate of drug-likeness (QED) is 0.763. The van der Waals surface area contributed by atoms with E-state index in [1.54, 1.807) is 23.1 Å². The van der Waals surface area contributed by atoms with Crippen LogP contribution in [-0.2, 0) is 16.1 Å². The fourth-order valence-corrected chi connectivity index (χ4v) is 3.35. The largest absolute Gasteiger partial charge is 0.348 e. The summed E-state index contributed by atoms with van der Waals surface area (Å²) in [4.78, 5) is 26.4. The van der Waals surface area contributed by atoms with Crippen molar-refractivity contribution in [2.24, 2.45) is 5.92 Å². The van der Waals surface area contributed by atoms with Crippen molar-refractivity contribution in [2.45, 2.75) is 13.0 Å². The fraction of sp³-hybridized carbons (Fsp3) is 0.222. The number of benzene rings is 1. The Morgan fingerprint density at radius 3 is 2.85 bits per heavy atom. The molecule has 0 bridgehead atoms. The van der Waals surface area contributed by atoms with Gasteiger partial charge in [0.05, 0.1) is 23.2 Å². The average Bonchev–Trinajstić information content (AvgIpc) is 3.24. The number of hydrogen-bond acceptors (Lipinski definition) is 4. The van der Waals surface area contributed by atoms with Gasteiger partial charge in [0.1, 0.15) is 0 Å². The van der Waals surface area contributed by atoms with Crippen LogP contribution in [0.15, 0.2) is 48.7 Å². The molecular formula is C18H16ClN5O2. The topological polar surface area (TPSA) is 79.6 Å². The van der Waals surface area contributed by atoms with Crippen molar-refractivity contribution in [3.63, 3.8) is 0 Å². The number of pyridine rings is 1. The SMILES string of the molecule is O=C(NCc1nnc2ccccn12)C1CC(=O)N(c2ccccc2Cl)C1. The van der Waals surface area contributed by atoms with E-state index in [-0.39, 0.29) is 24.8 Å². The molecular weight excluding hydrogens is 354 g/mol. The van der Waals surface area contributed by atoms with Gasteiger partial charge in [-0.1, -0.05) is 29.8 Å². The van der Waals surface area contributed by atoms with Gasteiger partial charge in [-0.2, -0.15) is 0 Å². The first-order valence-electron chi connectivity index (χ1n) is 8.25. The maximum absolute atomic E-state index is 12.5. The van der Waals surface area contributed by atoms with Gasteiger partial charge in [0.15, 0.2) is 11.5 Å². The van der Waals surface area contributed by atoms with E-state index in [1.165, 1.54) is 0 Å². The average molecular weight is 370 g/mol. The van der Waals surface area contributed by atoms with Crippen LogP contribution >= 0.6 is 11.6 Å². The third-order valence-corrected chi connectivity index (χ3v) is 4.76. The number of rotatable bonds is 4. The number of carbonyl (C=O) groups excluding carboxylic acids is 2. The van der Waals surface area contributed by atoms with Gasteiger partial charge in [0.25, 0.3) is 0 Å². The molecule has 3 heterocycles. The molecule has 132 valence electrons. The van der Waals surface area contributed by atoms with Gasteiger partial charge in [-0.15, -0.1) is 10.2 Å². The van der Waals surface area contributed by atoms with Crippen LogP contribution in [0.4, 0.5) is 5.69 Å². The second-order valence-electron chi connectivity index (χ2n) is 6.12. The molecule has 1 atom stereocenters. The van der Waals surface area contributed by atoms with Crippen LogP contribution in [0.1, 0.15) is 12.2 Å². The van der Waals surface area contributed by atoms with Gasteiger partial charge in [0, 0.05) is 19.2 Å². The number of nitrogens with one attached hydrogen (secondary N) is 1. The lowest BCUT2D eigenvalue weighted by molar-refractivity contribution is -0.126. The Kier molecular flexibility index (Phi) is 4.30. The zero-order chi connectivity index (χ0) is 18.1. The number of nitrogens with zero attached hydrogens (tertiary/aromatic N) is 4. The summed E-state index contributed by atoms with van der Waals surface area (Å²) in [7, 11) is 0. The Morgan fingerprint density at radius 1 is 1.19 bits per heavy atom. The molecule has 1 N–H and O–H groups in total. The van der Waals surface area contributed by atoms with E-state index in [4.69, 9.17) is 11.6 Å². The summed E-state index contributed by atoms with van der Waals surface area (Å²) in [6, 6.07) is 12.7. The van der Waals surface area contributed by atoms with Crippen LogP contribution in [-0.4, -0.2) is 33.0 Å². The fourth-order valence-electron chi connectivity index (χ4n) is 3.11. The molecule has 8 heteroatoms. The van der Waals surface area contributed by atoms with Crippen LogP contribution in [0.2, 0.25) is 5.02 Å². The molecule has 1 saturated heterocycles. The lowest BCUT2D eigenvalue weighted by Gasteiger charge is -2.18. The number of hydrogen-bond donors (Lipinski definition) is 1. The molecule has 0 spiro atoms. The Morgan fingerprint density at radius 2 is 2.00 bits per heavy atom. The van der Waals surface area contributed by atoms with Crippen molar-refractivity contribution < 1.29 is 9.59 Å². The maximum atomic E-state index is 12.5. The van der Waals surface area contributed by atoms with Crippen molar-refractivity contribution in [1.29, 1.82) is 0 Å². The highest BCUT2D eigenvalue weighted by Crippen LogP contribution is 2.31. The minimum atomic E-state index is -0.419. The van der Waals surface area contributed by atoms with Gasteiger partial charge >= 0.3 is 0 Å². The molecule has 1 fully saturated rings. The van der Waals surface area contributed by atoms with Crippen LogP contribution < -0.4 is 10.2 Å². The predicted octanol–water partition coefficient (Wildman–Crippen LogP) is 2.05. The summed E-state index contributed by atoms with van der Waals surface area (Å²) in [5.41, 5.74) is 1.36. The van der Waals surface area contributed by atoms with Gasteiger partial charge in [0.2, 0.25) is 11.8 Å². The molecule has 1 aliphatic heterocycles. The summed E-state index contributed by atoms with van der Waals surface area (Å²) < 4.78 is 1.82. The lowest BCUT2D eigenvalue weighted by Crippen LogP contribution is -2.33. The molecule has 3 aromatic rings. The first-order chi connectivity index (χ1) is 12.6. The second kappa shape index (κ2) is 6.76. The minimum absolute atomic E-state index is 0.105. The molecule has 1 aliphatic rings. The molecule has 26 heavy (non-hydrogen) atoms. The number of fused-ring (bicyclic) bond motifs is 1. The number of anilines is 1. The van der Waals surface area contributed by atoms with Gasteiger partial charge in [-0.3, -0.25) is 14.0 Å². The third kappa shape index (κ3) is 3.01. The Balaban J connectivity index is 1.43. The van der Waals surface area contributed by atoms with Crippen molar-refractivity contribution in [3.8, 4) is 0 Å². The van der Waals surface area contributed by atoms with E-state index < -0.39 is 5.92 Å². The normalized spacial score (nSPS) is 17.0. The van der Waals surface area contributed by atoms with Crippen LogP contribution in [0, 0.1) is 5.92 Å². The standard InChI is InChI=1S/C18H16ClN5O2/c19-13-5-1-2-6-14(13)24-11-12(9-17(24)25)18(26)20-10-16-22-21-15-7-3-4-8-23(15)16/h1-8,12H,9-11H2,(H,20,26). The number of amides is 2. The summed E-state index contributed by atoms with van der Waals surface area (Å²) in [6.07, 6.45) is 2.01. The molecule has 0 radical (unpaired) electrons. The first-order valence-corrected chi connectivity index (χ1v) is 8.62. The summed E-state index contributed by atoms with van der Waals surface area (Å²) in [5, 5.41) is 11.5. The van der Waals surface area contributed by atoms with Crippen molar-refractivity contribution in [1.82, 2.24) is 19.9 Å².